The number of rotatable bonds is 12. The van der Waals surface area contributed by atoms with Gasteiger partial charge in [-0.05, 0) is 74.6 Å². The molecule has 0 fully saturated rings. The zero-order valence-corrected chi connectivity index (χ0v) is 23.8. The second-order valence-corrected chi connectivity index (χ2v) is 11.4. The summed E-state index contributed by atoms with van der Waals surface area (Å²) in [5.74, 6) is -1.48. The SMILES string of the molecule is CCC(C)(CC(C)(CC(C)(C)C(=O)OC)C(=O)OCCO)C(=O)OCc1c2ccccc2cc2ccccc12. The summed E-state index contributed by atoms with van der Waals surface area (Å²) >= 11 is 0. The van der Waals surface area contributed by atoms with Crippen LogP contribution in [0, 0.1) is 16.2 Å². The Morgan fingerprint density at radius 1 is 0.769 bits per heavy atom. The lowest BCUT2D eigenvalue weighted by atomic mass is 9.65. The van der Waals surface area contributed by atoms with Crippen molar-refractivity contribution < 1.29 is 33.7 Å². The van der Waals surface area contributed by atoms with Crippen molar-refractivity contribution in [3.05, 3.63) is 60.2 Å². The molecule has 39 heavy (non-hydrogen) atoms. The molecule has 0 saturated carbocycles. The van der Waals surface area contributed by atoms with E-state index in [-0.39, 0.29) is 32.7 Å². The lowest BCUT2D eigenvalue weighted by molar-refractivity contribution is -0.169. The monoisotopic (exact) mass is 536 g/mol. The summed E-state index contributed by atoms with van der Waals surface area (Å²) in [5, 5.41) is 13.4. The molecule has 0 aliphatic heterocycles. The van der Waals surface area contributed by atoms with Crippen LogP contribution in [-0.4, -0.2) is 43.3 Å². The van der Waals surface area contributed by atoms with Gasteiger partial charge >= 0.3 is 17.9 Å². The molecule has 0 amide bonds. The summed E-state index contributed by atoms with van der Waals surface area (Å²) in [5.41, 5.74) is -2.35. The van der Waals surface area contributed by atoms with Crippen LogP contribution in [0.15, 0.2) is 54.6 Å². The van der Waals surface area contributed by atoms with Gasteiger partial charge in [-0.15, -0.1) is 0 Å². The molecule has 2 atom stereocenters. The average Bonchev–Trinajstić information content (AvgIpc) is 2.92. The van der Waals surface area contributed by atoms with E-state index in [2.05, 4.69) is 6.07 Å². The van der Waals surface area contributed by atoms with Crippen LogP contribution in [0.1, 0.15) is 59.4 Å². The van der Waals surface area contributed by atoms with E-state index in [0.29, 0.717) is 6.42 Å². The van der Waals surface area contributed by atoms with Crippen LogP contribution < -0.4 is 0 Å². The zero-order chi connectivity index (χ0) is 28.8. The third-order valence-electron chi connectivity index (χ3n) is 7.67. The highest BCUT2D eigenvalue weighted by molar-refractivity contribution is 6.02. The van der Waals surface area contributed by atoms with Crippen molar-refractivity contribution in [1.82, 2.24) is 0 Å². The third kappa shape index (κ3) is 6.59. The van der Waals surface area contributed by atoms with E-state index in [4.69, 9.17) is 14.2 Å². The van der Waals surface area contributed by atoms with Crippen LogP contribution in [0.4, 0.5) is 0 Å². The normalized spacial score (nSPS) is 14.8. The molecule has 0 aliphatic carbocycles. The number of aliphatic hydroxyl groups is 1. The molecule has 7 nitrogen and oxygen atoms in total. The molecule has 7 heteroatoms. The third-order valence-corrected chi connectivity index (χ3v) is 7.67. The Balaban J connectivity index is 1.92. The van der Waals surface area contributed by atoms with E-state index in [1.54, 1.807) is 27.7 Å². The van der Waals surface area contributed by atoms with Crippen molar-refractivity contribution in [3.8, 4) is 0 Å². The molecule has 3 rings (SSSR count). The molecule has 0 saturated heterocycles. The van der Waals surface area contributed by atoms with Crippen LogP contribution in [0.2, 0.25) is 0 Å². The first kappa shape index (κ1) is 30.1. The van der Waals surface area contributed by atoms with E-state index in [9.17, 15) is 19.5 Å². The predicted octanol–water partition coefficient (Wildman–Crippen LogP) is 5.97. The van der Waals surface area contributed by atoms with Gasteiger partial charge in [0.15, 0.2) is 0 Å². The molecular formula is C32H40O7. The molecule has 0 bridgehead atoms. The molecule has 210 valence electrons. The van der Waals surface area contributed by atoms with Crippen molar-refractivity contribution in [2.24, 2.45) is 16.2 Å². The minimum atomic E-state index is -1.22. The molecule has 2 unspecified atom stereocenters. The van der Waals surface area contributed by atoms with Crippen LogP contribution in [0.5, 0.6) is 0 Å². The summed E-state index contributed by atoms with van der Waals surface area (Å²) in [6, 6.07) is 18.1. The van der Waals surface area contributed by atoms with Crippen molar-refractivity contribution in [1.29, 1.82) is 0 Å². The lowest BCUT2D eigenvalue weighted by Gasteiger charge is -2.39. The maximum absolute atomic E-state index is 13.7. The van der Waals surface area contributed by atoms with Crippen molar-refractivity contribution in [2.45, 2.75) is 60.5 Å². The number of carbonyl (C=O) groups excluding carboxylic acids is 3. The Morgan fingerprint density at radius 2 is 1.31 bits per heavy atom. The number of hydrogen-bond donors (Lipinski definition) is 1. The standard InChI is InChI=1S/C32H40O7/c1-7-31(4,21-32(5,29(36)38-17-16-33)20-30(2,3)27(34)37-6)28(35)39-19-26-24-14-10-8-12-22(24)18-23-13-9-11-15-25(23)26/h8-15,18,33H,7,16-17,19-21H2,1-6H3. The molecule has 3 aromatic rings. The Bertz CT molecular complexity index is 1290. The number of benzene rings is 3. The molecule has 1 N–H and O–H groups in total. The van der Waals surface area contributed by atoms with E-state index >= 15 is 0 Å². The Hall–Kier alpha value is -3.45. The fraction of sp³-hybridized carbons (Fsp3) is 0.469. The highest BCUT2D eigenvalue weighted by atomic mass is 16.5. The molecule has 0 heterocycles. The second-order valence-electron chi connectivity index (χ2n) is 11.4. The van der Waals surface area contributed by atoms with Gasteiger partial charge in [0, 0.05) is 5.56 Å². The Kier molecular flexibility index (Phi) is 9.38. The maximum atomic E-state index is 13.7. The summed E-state index contributed by atoms with van der Waals surface area (Å²) < 4.78 is 16.3. The highest BCUT2D eigenvalue weighted by Crippen LogP contribution is 2.46. The van der Waals surface area contributed by atoms with Gasteiger partial charge in [-0.3, -0.25) is 14.4 Å². The minimum absolute atomic E-state index is 0.0790. The van der Waals surface area contributed by atoms with E-state index in [1.165, 1.54) is 7.11 Å². The number of esters is 3. The second kappa shape index (κ2) is 12.2. The van der Waals surface area contributed by atoms with Crippen molar-refractivity contribution in [3.63, 3.8) is 0 Å². The number of hydrogen-bond acceptors (Lipinski definition) is 7. The largest absolute Gasteiger partial charge is 0.469 e. The first-order chi connectivity index (χ1) is 18.4. The smallest absolute Gasteiger partial charge is 0.312 e. The van der Waals surface area contributed by atoms with E-state index in [0.717, 1.165) is 27.1 Å². The average molecular weight is 537 g/mol. The van der Waals surface area contributed by atoms with Gasteiger partial charge < -0.3 is 19.3 Å². The first-order valence-corrected chi connectivity index (χ1v) is 13.3. The molecule has 3 aromatic carbocycles. The van der Waals surface area contributed by atoms with E-state index < -0.39 is 34.2 Å². The summed E-state index contributed by atoms with van der Waals surface area (Å²) in [4.78, 5) is 39.5. The number of aliphatic hydroxyl groups excluding tert-OH is 1. The Morgan fingerprint density at radius 3 is 1.82 bits per heavy atom. The number of methoxy groups -OCH3 is 1. The van der Waals surface area contributed by atoms with Gasteiger partial charge in [0.25, 0.3) is 0 Å². The van der Waals surface area contributed by atoms with Gasteiger partial charge in [-0.1, -0.05) is 55.5 Å². The quantitative estimate of drug-likeness (QED) is 0.173. The van der Waals surface area contributed by atoms with Crippen molar-refractivity contribution in [2.75, 3.05) is 20.3 Å². The van der Waals surface area contributed by atoms with Crippen LogP contribution >= 0.6 is 0 Å². The van der Waals surface area contributed by atoms with Gasteiger partial charge in [0.1, 0.15) is 13.2 Å². The van der Waals surface area contributed by atoms with Crippen molar-refractivity contribution >= 4 is 39.5 Å². The van der Waals surface area contributed by atoms with Crippen LogP contribution in [0.25, 0.3) is 21.5 Å². The molecule has 0 radical (unpaired) electrons. The highest BCUT2D eigenvalue weighted by Gasteiger charge is 2.49. The summed E-state index contributed by atoms with van der Waals surface area (Å²) in [6.45, 7) is 8.32. The van der Waals surface area contributed by atoms with Crippen LogP contribution in [-0.2, 0) is 35.2 Å². The summed E-state index contributed by atoms with van der Waals surface area (Å²) in [6.07, 6.45) is 0.591. The maximum Gasteiger partial charge on any atom is 0.312 e. The van der Waals surface area contributed by atoms with Gasteiger partial charge in [0.05, 0.1) is 30.0 Å². The number of ether oxygens (including phenoxy) is 3. The minimum Gasteiger partial charge on any atom is -0.469 e. The summed E-state index contributed by atoms with van der Waals surface area (Å²) in [7, 11) is 1.30. The van der Waals surface area contributed by atoms with Crippen LogP contribution in [0.3, 0.4) is 0 Å². The first-order valence-electron chi connectivity index (χ1n) is 13.3. The molecular weight excluding hydrogens is 496 g/mol. The topological polar surface area (TPSA) is 99.1 Å². The number of fused-ring (bicyclic) bond motifs is 2. The predicted molar refractivity (Wildman–Crippen MR) is 151 cm³/mol. The number of carbonyl (C=O) groups is 3. The lowest BCUT2D eigenvalue weighted by Crippen LogP contribution is -2.44. The van der Waals surface area contributed by atoms with Gasteiger partial charge in [0.2, 0.25) is 0 Å². The fourth-order valence-corrected chi connectivity index (χ4v) is 5.62. The molecule has 0 aliphatic rings. The molecule has 0 spiro atoms. The molecule has 0 aromatic heterocycles. The van der Waals surface area contributed by atoms with Gasteiger partial charge in [-0.2, -0.15) is 0 Å². The Labute approximate surface area is 230 Å². The zero-order valence-electron chi connectivity index (χ0n) is 23.8. The van der Waals surface area contributed by atoms with Gasteiger partial charge in [-0.25, -0.2) is 0 Å². The van der Waals surface area contributed by atoms with E-state index in [1.807, 2.05) is 55.5 Å². The fourth-order valence-electron chi connectivity index (χ4n) is 5.62.